The molecule has 6 heteroatoms. The molecule has 96 valence electrons. The highest BCUT2D eigenvalue weighted by atomic mass is 16.1. The van der Waals surface area contributed by atoms with Gasteiger partial charge in [0.05, 0.1) is 6.33 Å². The van der Waals surface area contributed by atoms with Crippen molar-refractivity contribution in [2.75, 3.05) is 5.73 Å². The van der Waals surface area contributed by atoms with Gasteiger partial charge in [-0.1, -0.05) is 13.8 Å². The predicted octanol–water partition coefficient (Wildman–Crippen LogP) is 1.20. The summed E-state index contributed by atoms with van der Waals surface area (Å²) in [6, 6.07) is 0. The Balaban J connectivity index is 2.39. The molecule has 1 aromatic heterocycles. The molecular formula is C12H16N4O2. The topological polar surface area (TPSA) is 101 Å². The van der Waals surface area contributed by atoms with E-state index in [1.165, 1.54) is 6.33 Å². The summed E-state index contributed by atoms with van der Waals surface area (Å²) in [5.74, 6) is 0.228. The van der Waals surface area contributed by atoms with E-state index in [0.29, 0.717) is 18.6 Å². The van der Waals surface area contributed by atoms with Crippen LogP contribution in [-0.4, -0.2) is 21.5 Å². The van der Waals surface area contributed by atoms with E-state index in [-0.39, 0.29) is 34.7 Å². The predicted molar refractivity (Wildman–Crippen MR) is 69.0 cm³/mol. The normalized spacial score (nSPS) is 21.2. The van der Waals surface area contributed by atoms with E-state index in [9.17, 15) is 9.59 Å². The average Bonchev–Trinajstić information content (AvgIpc) is 2.21. The fourth-order valence-corrected chi connectivity index (χ4v) is 2.25. The van der Waals surface area contributed by atoms with Crippen LogP contribution in [-0.2, 0) is 4.79 Å². The number of H-pyrrole nitrogens is 1. The van der Waals surface area contributed by atoms with Crippen LogP contribution >= 0.6 is 0 Å². The third kappa shape index (κ3) is 2.64. The molecule has 1 heterocycles. The highest BCUT2D eigenvalue weighted by Gasteiger charge is 2.30. The highest BCUT2D eigenvalue weighted by Crippen LogP contribution is 2.32. The third-order valence-electron chi connectivity index (χ3n) is 2.89. The molecule has 1 saturated carbocycles. The maximum atomic E-state index is 11.6. The SMILES string of the molecule is CC1(C)CC(=O)CC(=Nc2c(N)nc[nH]c2=O)C1. The monoisotopic (exact) mass is 248 g/mol. The smallest absolute Gasteiger partial charge is 0.278 e. The number of nitrogens with one attached hydrogen (secondary N) is 1. The number of carbonyl (C=O) groups excluding carboxylic acids is 1. The maximum absolute atomic E-state index is 11.6. The number of Topliss-reactive ketones (excluding diaryl/α,β-unsaturated/α-hetero) is 1. The van der Waals surface area contributed by atoms with E-state index < -0.39 is 0 Å². The van der Waals surface area contributed by atoms with Crippen molar-refractivity contribution in [2.24, 2.45) is 10.4 Å². The van der Waals surface area contributed by atoms with Crippen molar-refractivity contribution in [2.45, 2.75) is 33.1 Å². The quantitative estimate of drug-likeness (QED) is 0.779. The number of hydrogen-bond donors (Lipinski definition) is 2. The Bertz CT molecular complexity index is 572. The van der Waals surface area contributed by atoms with E-state index in [4.69, 9.17) is 5.73 Å². The summed E-state index contributed by atoms with van der Waals surface area (Å²) >= 11 is 0. The molecule has 2 rings (SSSR count). The summed E-state index contributed by atoms with van der Waals surface area (Å²) in [5.41, 5.74) is 5.91. The first kappa shape index (κ1) is 12.5. The first-order valence-corrected chi connectivity index (χ1v) is 5.79. The highest BCUT2D eigenvalue weighted by molar-refractivity contribution is 6.05. The Morgan fingerprint density at radius 3 is 2.72 bits per heavy atom. The zero-order valence-corrected chi connectivity index (χ0v) is 10.5. The molecule has 1 aliphatic carbocycles. The van der Waals surface area contributed by atoms with Crippen LogP contribution in [0.15, 0.2) is 16.1 Å². The molecule has 0 unspecified atom stereocenters. The van der Waals surface area contributed by atoms with Crippen molar-refractivity contribution in [3.05, 3.63) is 16.7 Å². The molecule has 0 amide bonds. The molecule has 0 aliphatic heterocycles. The van der Waals surface area contributed by atoms with Gasteiger partial charge in [0.1, 0.15) is 5.78 Å². The molecule has 0 radical (unpaired) electrons. The first-order valence-electron chi connectivity index (χ1n) is 5.79. The Kier molecular flexibility index (Phi) is 3.02. The van der Waals surface area contributed by atoms with Crippen LogP contribution in [0.1, 0.15) is 33.1 Å². The lowest BCUT2D eigenvalue weighted by atomic mass is 9.76. The van der Waals surface area contributed by atoms with E-state index >= 15 is 0 Å². The number of ketones is 1. The number of carbonyl (C=O) groups is 1. The van der Waals surface area contributed by atoms with Gasteiger partial charge in [-0.3, -0.25) is 9.59 Å². The second-order valence-electron chi connectivity index (χ2n) is 5.38. The van der Waals surface area contributed by atoms with Crippen LogP contribution in [0, 0.1) is 5.41 Å². The minimum absolute atomic E-state index is 0.0853. The molecule has 0 saturated heterocycles. The number of hydrogen-bond acceptors (Lipinski definition) is 5. The summed E-state index contributed by atoms with van der Waals surface area (Å²) in [6.45, 7) is 4.02. The number of aromatic nitrogens is 2. The largest absolute Gasteiger partial charge is 0.382 e. The Hall–Kier alpha value is -1.98. The van der Waals surface area contributed by atoms with Crippen molar-refractivity contribution in [3.63, 3.8) is 0 Å². The molecule has 0 atom stereocenters. The lowest BCUT2D eigenvalue weighted by Gasteiger charge is -2.29. The third-order valence-corrected chi connectivity index (χ3v) is 2.89. The molecular weight excluding hydrogens is 232 g/mol. The zero-order valence-electron chi connectivity index (χ0n) is 10.5. The fourth-order valence-electron chi connectivity index (χ4n) is 2.25. The second kappa shape index (κ2) is 4.36. The number of nitrogen functional groups attached to an aromatic ring is 1. The number of rotatable bonds is 1. The molecule has 6 nitrogen and oxygen atoms in total. The van der Waals surface area contributed by atoms with Crippen molar-refractivity contribution in [1.29, 1.82) is 0 Å². The molecule has 18 heavy (non-hydrogen) atoms. The van der Waals surface area contributed by atoms with Gasteiger partial charge < -0.3 is 10.7 Å². The molecule has 3 N–H and O–H groups in total. The summed E-state index contributed by atoms with van der Waals surface area (Å²) in [4.78, 5) is 33.7. The van der Waals surface area contributed by atoms with E-state index in [2.05, 4.69) is 15.0 Å². The molecule has 1 aromatic rings. The average molecular weight is 248 g/mol. The van der Waals surface area contributed by atoms with Crippen LogP contribution < -0.4 is 11.3 Å². The van der Waals surface area contributed by atoms with Gasteiger partial charge in [0.25, 0.3) is 5.56 Å². The van der Waals surface area contributed by atoms with Gasteiger partial charge in [0.15, 0.2) is 11.5 Å². The molecule has 0 spiro atoms. The van der Waals surface area contributed by atoms with Crippen molar-refractivity contribution in [1.82, 2.24) is 9.97 Å². The zero-order chi connectivity index (χ0) is 13.3. The van der Waals surface area contributed by atoms with Crippen LogP contribution in [0.3, 0.4) is 0 Å². The van der Waals surface area contributed by atoms with E-state index in [1.807, 2.05) is 13.8 Å². The van der Waals surface area contributed by atoms with Gasteiger partial charge in [-0.2, -0.15) is 0 Å². The van der Waals surface area contributed by atoms with Gasteiger partial charge in [-0.25, -0.2) is 9.98 Å². The Labute approximate surface area is 104 Å². The summed E-state index contributed by atoms with van der Waals surface area (Å²) in [7, 11) is 0. The van der Waals surface area contributed by atoms with E-state index in [0.717, 1.165) is 0 Å². The van der Waals surface area contributed by atoms with Crippen molar-refractivity contribution in [3.8, 4) is 0 Å². The van der Waals surface area contributed by atoms with Crippen LogP contribution in [0.2, 0.25) is 0 Å². The number of nitrogens with zero attached hydrogens (tertiary/aromatic N) is 2. The Morgan fingerprint density at radius 2 is 2.11 bits per heavy atom. The Morgan fingerprint density at radius 1 is 1.39 bits per heavy atom. The first-order chi connectivity index (χ1) is 8.37. The fraction of sp³-hybridized carbons (Fsp3) is 0.500. The summed E-state index contributed by atoms with van der Waals surface area (Å²) in [6.07, 6.45) is 2.76. The summed E-state index contributed by atoms with van der Waals surface area (Å²) in [5, 5.41) is 0. The minimum Gasteiger partial charge on any atom is -0.382 e. The maximum Gasteiger partial charge on any atom is 0.278 e. The molecule has 1 fully saturated rings. The minimum atomic E-state index is -0.383. The van der Waals surface area contributed by atoms with Crippen LogP contribution in [0.25, 0.3) is 0 Å². The van der Waals surface area contributed by atoms with Crippen LogP contribution in [0.4, 0.5) is 11.5 Å². The van der Waals surface area contributed by atoms with Crippen molar-refractivity contribution < 1.29 is 4.79 Å². The second-order valence-corrected chi connectivity index (χ2v) is 5.38. The standard InChI is InChI=1S/C12H16N4O2/c1-12(2)4-7(3-8(17)5-12)16-9-10(13)14-6-15-11(9)18/h6H,3-5H2,1-2H3,(H3,13,14,15,18). The van der Waals surface area contributed by atoms with Gasteiger partial charge in [0, 0.05) is 18.6 Å². The number of aliphatic imine (C=N–C) groups is 1. The molecule has 0 bridgehead atoms. The van der Waals surface area contributed by atoms with Gasteiger partial charge >= 0.3 is 0 Å². The van der Waals surface area contributed by atoms with Gasteiger partial charge in [-0.05, 0) is 11.8 Å². The lowest BCUT2D eigenvalue weighted by Crippen LogP contribution is -2.29. The lowest BCUT2D eigenvalue weighted by molar-refractivity contribution is -0.120. The van der Waals surface area contributed by atoms with E-state index in [1.54, 1.807) is 0 Å². The number of nitrogens with two attached hydrogens (primary N) is 1. The van der Waals surface area contributed by atoms with Crippen LogP contribution in [0.5, 0.6) is 0 Å². The van der Waals surface area contributed by atoms with Gasteiger partial charge in [0.2, 0.25) is 0 Å². The molecule has 1 aliphatic rings. The number of anilines is 1. The van der Waals surface area contributed by atoms with Gasteiger partial charge in [-0.15, -0.1) is 0 Å². The number of aromatic amines is 1. The van der Waals surface area contributed by atoms with Crippen molar-refractivity contribution >= 4 is 23.0 Å². The summed E-state index contributed by atoms with van der Waals surface area (Å²) < 4.78 is 0. The molecule has 0 aromatic carbocycles.